The second-order valence-corrected chi connectivity index (χ2v) is 13.1. The molecule has 0 radical (unpaired) electrons. The lowest BCUT2D eigenvalue weighted by Crippen LogP contribution is -2.21. The van der Waals surface area contributed by atoms with Crippen LogP contribution in [0, 0.1) is 17.8 Å². The summed E-state index contributed by atoms with van der Waals surface area (Å²) in [6.45, 7) is 9.40. The minimum atomic E-state index is -0.125. The maximum atomic E-state index is 13.1. The summed E-state index contributed by atoms with van der Waals surface area (Å²) < 4.78 is 11.6. The number of aromatic nitrogens is 3. The predicted molar refractivity (Wildman–Crippen MR) is 194 cm³/mol. The summed E-state index contributed by atoms with van der Waals surface area (Å²) in [6.07, 6.45) is 11.1. The molecule has 7 heteroatoms. The van der Waals surface area contributed by atoms with Crippen LogP contribution in [-0.2, 0) is 9.53 Å². The van der Waals surface area contributed by atoms with Crippen LogP contribution in [0.4, 0.5) is 0 Å². The number of aromatic hydroxyl groups is 1. The van der Waals surface area contributed by atoms with E-state index in [9.17, 15) is 9.90 Å². The Morgan fingerprint density at radius 1 is 0.667 bits per heavy atom. The zero-order chi connectivity index (χ0) is 34.1. The number of esters is 1. The number of rotatable bonds is 20. The number of carbonyl (C=O) groups is 1. The van der Waals surface area contributed by atoms with E-state index in [-0.39, 0.29) is 30.9 Å². The lowest BCUT2D eigenvalue weighted by Gasteiger charge is -2.19. The maximum Gasteiger partial charge on any atom is 0.309 e. The van der Waals surface area contributed by atoms with E-state index < -0.39 is 0 Å². The van der Waals surface area contributed by atoms with Crippen molar-refractivity contribution in [3.8, 4) is 45.7 Å². The smallest absolute Gasteiger partial charge is 0.309 e. The molecule has 256 valence electrons. The topological polar surface area (TPSA) is 94.4 Å². The van der Waals surface area contributed by atoms with Gasteiger partial charge in [-0.2, -0.15) is 0 Å². The van der Waals surface area contributed by atoms with Crippen molar-refractivity contribution in [1.29, 1.82) is 0 Å². The van der Waals surface area contributed by atoms with E-state index >= 15 is 0 Å². The standard InChI is InChI=1S/C41H53N3O4/c1-5-15-30(3)17-13-14-22-34(24-23-31(4)16-6-2)41(46)48-28-27-47-35-25-26-36(37(45)29-35)40-43-38(32-18-9-7-10-19-32)42-39(44-40)33-20-11-8-12-21-33/h7-12,18-21,25-26,29-31,34,45H,5-6,13-17,22-24,27-28H2,1-4H3. The maximum absolute atomic E-state index is 13.1. The summed E-state index contributed by atoms with van der Waals surface area (Å²) in [4.78, 5) is 27.2. The highest BCUT2D eigenvalue weighted by molar-refractivity contribution is 5.72. The molecule has 0 saturated carbocycles. The van der Waals surface area contributed by atoms with Crippen molar-refractivity contribution in [2.45, 2.75) is 91.9 Å². The second-order valence-electron chi connectivity index (χ2n) is 13.1. The number of hydrogen-bond donors (Lipinski definition) is 1. The van der Waals surface area contributed by atoms with Crippen LogP contribution in [-0.4, -0.2) is 39.2 Å². The summed E-state index contributed by atoms with van der Waals surface area (Å²) >= 11 is 0. The summed E-state index contributed by atoms with van der Waals surface area (Å²) in [7, 11) is 0. The Labute approximate surface area is 287 Å². The molecule has 0 amide bonds. The van der Waals surface area contributed by atoms with Crippen molar-refractivity contribution in [1.82, 2.24) is 15.0 Å². The number of carbonyl (C=O) groups excluding carboxylic acids is 1. The molecular formula is C41H53N3O4. The largest absolute Gasteiger partial charge is 0.507 e. The fraction of sp³-hybridized carbons (Fsp3) is 0.463. The third-order valence-corrected chi connectivity index (χ3v) is 8.91. The van der Waals surface area contributed by atoms with Gasteiger partial charge < -0.3 is 14.6 Å². The number of ether oxygens (including phenoxy) is 2. The molecule has 1 N–H and O–H groups in total. The molecule has 1 aromatic heterocycles. The van der Waals surface area contributed by atoms with Gasteiger partial charge >= 0.3 is 5.97 Å². The highest BCUT2D eigenvalue weighted by Crippen LogP contribution is 2.33. The Kier molecular flexibility index (Phi) is 14.9. The van der Waals surface area contributed by atoms with Crippen LogP contribution in [0.15, 0.2) is 78.9 Å². The molecule has 4 rings (SSSR count). The molecule has 4 aromatic rings. The van der Waals surface area contributed by atoms with Gasteiger partial charge in [0.1, 0.15) is 24.7 Å². The molecule has 0 bridgehead atoms. The van der Waals surface area contributed by atoms with Crippen LogP contribution in [0.3, 0.4) is 0 Å². The zero-order valence-corrected chi connectivity index (χ0v) is 29.2. The molecule has 1 heterocycles. The summed E-state index contributed by atoms with van der Waals surface area (Å²) in [5.74, 6) is 3.02. The van der Waals surface area contributed by atoms with E-state index in [4.69, 9.17) is 24.4 Å². The Morgan fingerprint density at radius 3 is 1.81 bits per heavy atom. The van der Waals surface area contributed by atoms with Crippen LogP contribution < -0.4 is 4.74 Å². The van der Waals surface area contributed by atoms with Gasteiger partial charge in [-0.1, -0.05) is 133 Å². The van der Waals surface area contributed by atoms with E-state index in [0.717, 1.165) is 49.1 Å². The molecule has 3 aromatic carbocycles. The molecule has 3 atom stereocenters. The van der Waals surface area contributed by atoms with Gasteiger partial charge in [-0.15, -0.1) is 0 Å². The van der Waals surface area contributed by atoms with E-state index in [1.807, 2.05) is 60.7 Å². The highest BCUT2D eigenvalue weighted by atomic mass is 16.6. The molecule has 0 aliphatic heterocycles. The Balaban J connectivity index is 1.37. The van der Waals surface area contributed by atoms with Crippen LogP contribution in [0.25, 0.3) is 34.2 Å². The molecule has 0 saturated heterocycles. The van der Waals surface area contributed by atoms with Gasteiger partial charge in [0.2, 0.25) is 0 Å². The van der Waals surface area contributed by atoms with Crippen molar-refractivity contribution in [3.63, 3.8) is 0 Å². The monoisotopic (exact) mass is 651 g/mol. The molecule has 3 unspecified atom stereocenters. The van der Waals surface area contributed by atoms with Gasteiger partial charge in [-0.25, -0.2) is 15.0 Å². The zero-order valence-electron chi connectivity index (χ0n) is 29.2. The third-order valence-electron chi connectivity index (χ3n) is 8.91. The molecule has 0 spiro atoms. The molecule has 48 heavy (non-hydrogen) atoms. The van der Waals surface area contributed by atoms with Crippen molar-refractivity contribution in [2.24, 2.45) is 17.8 Å². The number of nitrogens with zero attached hydrogens (tertiary/aromatic N) is 3. The minimum Gasteiger partial charge on any atom is -0.507 e. The number of hydrogen-bond acceptors (Lipinski definition) is 7. The van der Waals surface area contributed by atoms with Gasteiger partial charge in [0.15, 0.2) is 17.5 Å². The number of benzene rings is 3. The lowest BCUT2D eigenvalue weighted by atomic mass is 9.90. The van der Waals surface area contributed by atoms with Gasteiger partial charge in [0, 0.05) is 17.2 Å². The predicted octanol–water partition coefficient (Wildman–Crippen LogP) is 10.3. The quantitative estimate of drug-likeness (QED) is 0.0750. The molecule has 0 aliphatic carbocycles. The van der Waals surface area contributed by atoms with Crippen LogP contribution in [0.1, 0.15) is 91.9 Å². The van der Waals surface area contributed by atoms with Gasteiger partial charge in [-0.05, 0) is 43.2 Å². The summed E-state index contributed by atoms with van der Waals surface area (Å²) in [5, 5.41) is 11.0. The first-order chi connectivity index (χ1) is 23.4. The van der Waals surface area contributed by atoms with E-state index in [1.165, 1.54) is 32.1 Å². The van der Waals surface area contributed by atoms with Crippen molar-refractivity contribution in [2.75, 3.05) is 13.2 Å². The molecule has 7 nitrogen and oxygen atoms in total. The Bertz CT molecular complexity index is 1470. The van der Waals surface area contributed by atoms with Gasteiger partial charge in [0.05, 0.1) is 11.5 Å². The van der Waals surface area contributed by atoms with Gasteiger partial charge in [-0.3, -0.25) is 4.79 Å². The lowest BCUT2D eigenvalue weighted by molar-refractivity contribution is -0.150. The van der Waals surface area contributed by atoms with Crippen molar-refractivity contribution < 1.29 is 19.4 Å². The van der Waals surface area contributed by atoms with Crippen LogP contribution in [0.5, 0.6) is 11.5 Å². The third kappa shape index (κ3) is 11.5. The Morgan fingerprint density at radius 2 is 1.23 bits per heavy atom. The van der Waals surface area contributed by atoms with Crippen molar-refractivity contribution in [3.05, 3.63) is 78.9 Å². The Hall–Kier alpha value is -4.26. The first-order valence-corrected chi connectivity index (χ1v) is 17.9. The SMILES string of the molecule is CCCC(C)CCCCC(CCC(C)CCC)C(=O)OCCOc1ccc(-c2nc(-c3ccccc3)nc(-c3ccccc3)n2)c(O)c1. The molecule has 0 fully saturated rings. The summed E-state index contributed by atoms with van der Waals surface area (Å²) in [6, 6.07) is 24.5. The number of unbranched alkanes of at least 4 members (excludes halogenated alkanes) is 1. The van der Waals surface area contributed by atoms with Gasteiger partial charge in [0.25, 0.3) is 0 Å². The number of phenolic OH excluding ortho intramolecular Hbond substituents is 1. The fourth-order valence-corrected chi connectivity index (χ4v) is 6.16. The van der Waals surface area contributed by atoms with E-state index in [1.54, 1.807) is 18.2 Å². The first-order valence-electron chi connectivity index (χ1n) is 17.9. The van der Waals surface area contributed by atoms with E-state index in [0.29, 0.717) is 34.7 Å². The summed E-state index contributed by atoms with van der Waals surface area (Å²) in [5.41, 5.74) is 2.17. The molecule has 0 aliphatic rings. The normalized spacial score (nSPS) is 13.1. The second kappa shape index (κ2) is 19.5. The van der Waals surface area contributed by atoms with E-state index in [2.05, 4.69) is 27.7 Å². The number of phenols is 1. The first kappa shape index (κ1) is 36.6. The van der Waals surface area contributed by atoms with Crippen LogP contribution in [0.2, 0.25) is 0 Å². The highest BCUT2D eigenvalue weighted by Gasteiger charge is 2.21. The minimum absolute atomic E-state index is 0.0109. The average molecular weight is 652 g/mol. The molecular weight excluding hydrogens is 598 g/mol. The average Bonchev–Trinajstić information content (AvgIpc) is 3.10. The van der Waals surface area contributed by atoms with Crippen molar-refractivity contribution >= 4 is 5.97 Å². The fourth-order valence-electron chi connectivity index (χ4n) is 6.16. The van der Waals surface area contributed by atoms with Crippen LogP contribution >= 0.6 is 0 Å².